The largest absolute Gasteiger partial charge is 0.503 e. The summed E-state index contributed by atoms with van der Waals surface area (Å²) in [5.41, 5.74) is 0.820. The first-order chi connectivity index (χ1) is 11.8. The third-order valence-corrected chi connectivity index (χ3v) is 4.50. The number of nitrogens with zero attached hydrogens (tertiary/aromatic N) is 2. The van der Waals surface area contributed by atoms with Gasteiger partial charge in [0.05, 0.1) is 12.2 Å². The molecule has 2 rings (SSSR count). The standard InChI is InChI=1S/C16H19N3O5S/c1-10-4-6-11(7-5-10)19(25(23)24)9-12-8-13(20)15(21)14(18(12)3)16(22)17-2/h4-8,21H,9H2,1-3H3,(H,17,22)(H,23,24). The van der Waals surface area contributed by atoms with Gasteiger partial charge in [-0.3, -0.25) is 18.4 Å². The first kappa shape index (κ1) is 18.7. The number of rotatable bonds is 5. The summed E-state index contributed by atoms with van der Waals surface area (Å²) in [7, 11) is 2.87. The highest BCUT2D eigenvalue weighted by Crippen LogP contribution is 2.21. The number of aromatic hydroxyl groups is 1. The maximum atomic E-state index is 12.0. The molecule has 134 valence electrons. The number of anilines is 1. The molecule has 0 aliphatic rings. The van der Waals surface area contributed by atoms with E-state index in [1.807, 2.05) is 6.92 Å². The Bertz CT molecular complexity index is 877. The number of pyridine rings is 1. The number of benzene rings is 1. The summed E-state index contributed by atoms with van der Waals surface area (Å²) in [5, 5.41) is 12.2. The van der Waals surface area contributed by atoms with Crippen LogP contribution in [0.15, 0.2) is 35.1 Å². The summed E-state index contributed by atoms with van der Waals surface area (Å²) in [6.45, 7) is 1.78. The lowest BCUT2D eigenvalue weighted by Crippen LogP contribution is -2.31. The molecule has 0 aliphatic heterocycles. The van der Waals surface area contributed by atoms with Crippen molar-refractivity contribution in [2.75, 3.05) is 11.4 Å². The molecular formula is C16H19N3O5S. The summed E-state index contributed by atoms with van der Waals surface area (Å²) in [5.74, 6) is -1.30. The number of carbonyl (C=O) groups is 1. The van der Waals surface area contributed by atoms with Gasteiger partial charge < -0.3 is 15.0 Å². The van der Waals surface area contributed by atoms with E-state index in [4.69, 9.17) is 0 Å². The van der Waals surface area contributed by atoms with Gasteiger partial charge in [-0.25, -0.2) is 4.21 Å². The highest BCUT2D eigenvalue weighted by molar-refractivity contribution is 7.80. The molecule has 0 bridgehead atoms. The Morgan fingerprint density at radius 3 is 2.44 bits per heavy atom. The molecule has 25 heavy (non-hydrogen) atoms. The number of aromatic nitrogens is 1. The number of hydrogen-bond donors (Lipinski definition) is 3. The van der Waals surface area contributed by atoms with Crippen LogP contribution in [-0.4, -0.2) is 31.4 Å². The van der Waals surface area contributed by atoms with Crippen molar-refractivity contribution >= 4 is 22.9 Å². The molecule has 0 saturated carbocycles. The number of hydrogen-bond acceptors (Lipinski definition) is 4. The number of nitrogens with one attached hydrogen (secondary N) is 1. The summed E-state index contributed by atoms with van der Waals surface area (Å²) in [6, 6.07) is 8.08. The smallest absolute Gasteiger partial charge is 0.271 e. The summed E-state index contributed by atoms with van der Waals surface area (Å²) in [6.07, 6.45) is 0. The minimum Gasteiger partial charge on any atom is -0.503 e. The van der Waals surface area contributed by atoms with Gasteiger partial charge in [0.25, 0.3) is 17.2 Å². The summed E-state index contributed by atoms with van der Waals surface area (Å²) >= 11 is -2.35. The number of carbonyl (C=O) groups excluding carboxylic acids is 1. The molecule has 0 fully saturated rings. The quantitative estimate of drug-likeness (QED) is 0.682. The zero-order chi connectivity index (χ0) is 18.7. The predicted octanol–water partition coefficient (Wildman–Crippen LogP) is 0.902. The van der Waals surface area contributed by atoms with Gasteiger partial charge in [-0.1, -0.05) is 17.7 Å². The lowest BCUT2D eigenvalue weighted by molar-refractivity contribution is 0.0950. The van der Waals surface area contributed by atoms with E-state index in [9.17, 15) is 23.5 Å². The Balaban J connectivity index is 2.52. The van der Waals surface area contributed by atoms with Gasteiger partial charge in [0, 0.05) is 25.9 Å². The first-order valence-corrected chi connectivity index (χ1v) is 8.41. The normalized spacial score (nSPS) is 11.8. The topological polar surface area (TPSA) is 112 Å². The zero-order valence-corrected chi connectivity index (χ0v) is 14.8. The molecule has 3 N–H and O–H groups in total. The third kappa shape index (κ3) is 3.89. The van der Waals surface area contributed by atoms with Gasteiger partial charge in [0.15, 0.2) is 11.4 Å². The average molecular weight is 365 g/mol. The van der Waals surface area contributed by atoms with E-state index >= 15 is 0 Å². The lowest BCUT2D eigenvalue weighted by atomic mass is 10.2. The molecule has 0 saturated heterocycles. The minimum absolute atomic E-state index is 0.109. The van der Waals surface area contributed by atoms with E-state index in [0.29, 0.717) is 11.4 Å². The van der Waals surface area contributed by atoms with E-state index in [2.05, 4.69) is 5.32 Å². The van der Waals surface area contributed by atoms with Crippen LogP contribution in [0.4, 0.5) is 5.69 Å². The Labute approximate surface area is 147 Å². The third-order valence-electron chi connectivity index (χ3n) is 3.78. The number of aryl methyl sites for hydroxylation is 1. The maximum absolute atomic E-state index is 12.0. The van der Waals surface area contributed by atoms with Crippen LogP contribution >= 0.6 is 0 Å². The first-order valence-electron chi connectivity index (χ1n) is 7.35. The van der Waals surface area contributed by atoms with Gasteiger partial charge in [-0.15, -0.1) is 0 Å². The highest BCUT2D eigenvalue weighted by Gasteiger charge is 2.21. The van der Waals surface area contributed by atoms with Crippen LogP contribution in [0.1, 0.15) is 21.7 Å². The lowest BCUT2D eigenvalue weighted by Gasteiger charge is -2.23. The van der Waals surface area contributed by atoms with Gasteiger partial charge in [0.1, 0.15) is 0 Å². The average Bonchev–Trinajstić information content (AvgIpc) is 2.57. The molecule has 0 spiro atoms. The fourth-order valence-electron chi connectivity index (χ4n) is 2.36. The molecule has 1 heterocycles. The predicted molar refractivity (Wildman–Crippen MR) is 94.9 cm³/mol. The van der Waals surface area contributed by atoms with Crippen LogP contribution in [0.2, 0.25) is 0 Å². The second kappa shape index (κ2) is 7.49. The zero-order valence-electron chi connectivity index (χ0n) is 14.0. The van der Waals surface area contributed by atoms with Crippen molar-refractivity contribution in [3.05, 3.63) is 57.5 Å². The van der Waals surface area contributed by atoms with Crippen LogP contribution in [-0.2, 0) is 24.9 Å². The SMILES string of the molecule is CNC(=O)c1c(O)c(=O)cc(CN(c2ccc(C)cc2)S(=O)O)n1C. The number of amides is 1. The van der Waals surface area contributed by atoms with E-state index in [-0.39, 0.29) is 12.2 Å². The molecule has 1 aromatic carbocycles. The minimum atomic E-state index is -2.35. The van der Waals surface area contributed by atoms with E-state index in [1.54, 1.807) is 24.3 Å². The fraction of sp³-hybridized carbons (Fsp3) is 0.250. The molecule has 1 amide bonds. The Hall–Kier alpha value is -2.65. The van der Waals surface area contributed by atoms with Crippen molar-refractivity contribution in [3.63, 3.8) is 0 Å². The van der Waals surface area contributed by atoms with E-state index < -0.39 is 28.4 Å². The van der Waals surface area contributed by atoms with Crippen molar-refractivity contribution in [2.24, 2.45) is 7.05 Å². The molecule has 0 radical (unpaired) electrons. The molecule has 1 unspecified atom stereocenters. The fourth-order valence-corrected chi connectivity index (χ4v) is 2.91. The van der Waals surface area contributed by atoms with E-state index in [0.717, 1.165) is 11.6 Å². The summed E-state index contributed by atoms with van der Waals surface area (Å²) in [4.78, 5) is 23.9. The van der Waals surface area contributed by atoms with Crippen molar-refractivity contribution in [3.8, 4) is 5.75 Å². The van der Waals surface area contributed by atoms with Crippen LogP contribution in [0.5, 0.6) is 5.75 Å². The van der Waals surface area contributed by atoms with Gasteiger partial charge >= 0.3 is 0 Å². The van der Waals surface area contributed by atoms with Crippen LogP contribution in [0, 0.1) is 6.92 Å². The maximum Gasteiger partial charge on any atom is 0.271 e. The van der Waals surface area contributed by atoms with Crippen molar-refractivity contribution in [1.82, 2.24) is 9.88 Å². The van der Waals surface area contributed by atoms with Gasteiger partial charge in [-0.2, -0.15) is 0 Å². The van der Waals surface area contributed by atoms with Crippen molar-refractivity contribution < 1.29 is 18.7 Å². The molecular weight excluding hydrogens is 346 g/mol. The molecule has 0 aliphatic carbocycles. The highest BCUT2D eigenvalue weighted by atomic mass is 32.2. The van der Waals surface area contributed by atoms with Crippen molar-refractivity contribution in [2.45, 2.75) is 13.5 Å². The molecule has 1 atom stereocenters. The summed E-state index contributed by atoms with van der Waals surface area (Å²) < 4.78 is 23.9. The molecule has 9 heteroatoms. The van der Waals surface area contributed by atoms with Gasteiger partial charge in [-0.05, 0) is 19.1 Å². The monoisotopic (exact) mass is 365 g/mol. The Kier molecular flexibility index (Phi) is 5.60. The van der Waals surface area contributed by atoms with Gasteiger partial charge in [0.2, 0.25) is 5.43 Å². The van der Waals surface area contributed by atoms with Crippen LogP contribution < -0.4 is 15.1 Å². The Morgan fingerprint density at radius 2 is 1.92 bits per heavy atom. The van der Waals surface area contributed by atoms with Crippen LogP contribution in [0.3, 0.4) is 0 Å². The molecule has 8 nitrogen and oxygen atoms in total. The molecule has 1 aromatic heterocycles. The second-order valence-electron chi connectivity index (χ2n) is 5.44. The Morgan fingerprint density at radius 1 is 1.32 bits per heavy atom. The van der Waals surface area contributed by atoms with E-state index in [1.165, 1.54) is 23.0 Å². The van der Waals surface area contributed by atoms with Crippen molar-refractivity contribution in [1.29, 1.82) is 0 Å². The van der Waals surface area contributed by atoms with Crippen LogP contribution in [0.25, 0.3) is 0 Å². The molecule has 2 aromatic rings. The second-order valence-corrected chi connectivity index (χ2v) is 6.34.